The van der Waals surface area contributed by atoms with Crippen LogP contribution in [0.2, 0.25) is 0 Å². The van der Waals surface area contributed by atoms with Crippen LogP contribution >= 0.6 is 0 Å². The first-order valence-corrected chi connectivity index (χ1v) is 6.59. The number of fused-ring (bicyclic) bond motifs is 1. The fourth-order valence-electron chi connectivity index (χ4n) is 3.35. The van der Waals surface area contributed by atoms with Crippen LogP contribution in [0.5, 0.6) is 0 Å². The van der Waals surface area contributed by atoms with Gasteiger partial charge in [-0.3, -0.25) is 4.79 Å². The van der Waals surface area contributed by atoms with Crippen LogP contribution < -0.4 is 0 Å². The highest BCUT2D eigenvalue weighted by Crippen LogP contribution is 2.36. The molecule has 2 fully saturated rings. The largest absolute Gasteiger partial charge is 0.469 e. The molecule has 1 aliphatic heterocycles. The Hall–Kier alpha value is -1.25. The zero-order valence-electron chi connectivity index (χ0n) is 10.3. The monoisotopic (exact) mass is 233 g/mol. The molecule has 0 radical (unpaired) electrons. The molecule has 2 atom stereocenters. The smallest absolute Gasteiger partial charge is 0.257 e. The number of nitrogens with zero attached hydrogens (tertiary/aromatic N) is 1. The Labute approximate surface area is 102 Å². The number of hydrogen-bond acceptors (Lipinski definition) is 2. The van der Waals surface area contributed by atoms with E-state index in [4.69, 9.17) is 4.42 Å². The maximum Gasteiger partial charge on any atom is 0.257 e. The summed E-state index contributed by atoms with van der Waals surface area (Å²) in [5.41, 5.74) is 0.739. The second-order valence-corrected chi connectivity index (χ2v) is 5.41. The van der Waals surface area contributed by atoms with Gasteiger partial charge in [-0.05, 0) is 37.7 Å². The quantitative estimate of drug-likeness (QED) is 0.747. The SMILES string of the molecule is Cc1occc1C(=O)N1CC2CCCCC2C1. The standard InChI is InChI=1S/C14H19NO2/c1-10-13(6-7-17-10)14(16)15-8-11-4-2-3-5-12(11)9-15/h6-7,11-12H,2-5,8-9H2,1H3. The molecule has 92 valence electrons. The average Bonchev–Trinajstić information content (AvgIpc) is 2.93. The minimum Gasteiger partial charge on any atom is -0.469 e. The molecule has 2 aliphatic rings. The van der Waals surface area contributed by atoms with E-state index in [-0.39, 0.29) is 5.91 Å². The minimum atomic E-state index is 0.158. The number of likely N-dealkylation sites (tertiary alicyclic amines) is 1. The molecule has 0 N–H and O–H groups in total. The summed E-state index contributed by atoms with van der Waals surface area (Å²) in [5.74, 6) is 2.40. The Morgan fingerprint density at radius 3 is 2.47 bits per heavy atom. The van der Waals surface area contributed by atoms with Crippen LogP contribution in [0.3, 0.4) is 0 Å². The van der Waals surface area contributed by atoms with E-state index in [1.807, 2.05) is 11.8 Å². The van der Waals surface area contributed by atoms with Crippen molar-refractivity contribution in [3.8, 4) is 0 Å². The molecule has 1 saturated carbocycles. The third kappa shape index (κ3) is 1.88. The van der Waals surface area contributed by atoms with Gasteiger partial charge in [0, 0.05) is 13.1 Å². The molecule has 17 heavy (non-hydrogen) atoms. The molecule has 3 rings (SSSR count). The Morgan fingerprint density at radius 2 is 1.94 bits per heavy atom. The molecular formula is C14H19NO2. The van der Waals surface area contributed by atoms with Gasteiger partial charge in [-0.1, -0.05) is 12.8 Å². The first kappa shape index (κ1) is 10.9. The van der Waals surface area contributed by atoms with E-state index < -0.39 is 0 Å². The van der Waals surface area contributed by atoms with Gasteiger partial charge in [0.15, 0.2) is 0 Å². The number of carbonyl (C=O) groups excluding carboxylic acids is 1. The van der Waals surface area contributed by atoms with Crippen molar-refractivity contribution in [1.29, 1.82) is 0 Å². The molecule has 1 amide bonds. The molecule has 2 heterocycles. The van der Waals surface area contributed by atoms with Crippen molar-refractivity contribution in [3.05, 3.63) is 23.7 Å². The summed E-state index contributed by atoms with van der Waals surface area (Å²) in [6.45, 7) is 3.76. The molecule has 1 aliphatic carbocycles. The molecule has 0 spiro atoms. The maximum atomic E-state index is 12.3. The van der Waals surface area contributed by atoms with E-state index in [1.54, 1.807) is 12.3 Å². The lowest BCUT2D eigenvalue weighted by atomic mass is 9.82. The van der Waals surface area contributed by atoms with E-state index in [0.717, 1.165) is 36.2 Å². The highest BCUT2D eigenvalue weighted by Gasteiger charge is 2.37. The van der Waals surface area contributed by atoms with Gasteiger partial charge in [-0.2, -0.15) is 0 Å². The van der Waals surface area contributed by atoms with Gasteiger partial charge in [0.2, 0.25) is 0 Å². The van der Waals surface area contributed by atoms with Crippen molar-refractivity contribution in [2.45, 2.75) is 32.6 Å². The highest BCUT2D eigenvalue weighted by atomic mass is 16.3. The molecule has 1 aromatic rings. The molecule has 3 heteroatoms. The third-order valence-electron chi connectivity index (χ3n) is 4.35. The van der Waals surface area contributed by atoms with Crippen molar-refractivity contribution in [2.75, 3.05) is 13.1 Å². The number of furan rings is 1. The van der Waals surface area contributed by atoms with Crippen molar-refractivity contribution >= 4 is 5.91 Å². The molecule has 1 saturated heterocycles. The van der Waals surface area contributed by atoms with Gasteiger partial charge in [-0.25, -0.2) is 0 Å². The van der Waals surface area contributed by atoms with Gasteiger partial charge in [0.25, 0.3) is 5.91 Å². The summed E-state index contributed by atoms with van der Waals surface area (Å²) in [6, 6.07) is 1.79. The van der Waals surface area contributed by atoms with Crippen molar-refractivity contribution < 1.29 is 9.21 Å². The molecule has 0 bridgehead atoms. The van der Waals surface area contributed by atoms with Crippen molar-refractivity contribution in [1.82, 2.24) is 4.90 Å². The fraction of sp³-hybridized carbons (Fsp3) is 0.643. The van der Waals surface area contributed by atoms with Crippen LogP contribution in [0.15, 0.2) is 16.7 Å². The highest BCUT2D eigenvalue weighted by molar-refractivity contribution is 5.95. The van der Waals surface area contributed by atoms with E-state index >= 15 is 0 Å². The van der Waals surface area contributed by atoms with Gasteiger partial charge < -0.3 is 9.32 Å². The third-order valence-corrected chi connectivity index (χ3v) is 4.35. The Kier molecular flexibility index (Phi) is 2.69. The lowest BCUT2D eigenvalue weighted by molar-refractivity contribution is 0.0782. The van der Waals surface area contributed by atoms with Crippen LogP contribution in [-0.4, -0.2) is 23.9 Å². The molecule has 2 unspecified atom stereocenters. The summed E-state index contributed by atoms with van der Waals surface area (Å²) in [4.78, 5) is 14.4. The second kappa shape index (κ2) is 4.21. The molecule has 1 aromatic heterocycles. The first-order valence-electron chi connectivity index (χ1n) is 6.59. The Balaban J connectivity index is 1.74. The lowest BCUT2D eigenvalue weighted by Gasteiger charge is -2.22. The second-order valence-electron chi connectivity index (χ2n) is 5.41. The summed E-state index contributed by atoms with van der Waals surface area (Å²) in [7, 11) is 0. The predicted molar refractivity (Wildman–Crippen MR) is 64.8 cm³/mol. The van der Waals surface area contributed by atoms with Crippen LogP contribution in [-0.2, 0) is 0 Å². The Morgan fingerprint density at radius 1 is 1.29 bits per heavy atom. The van der Waals surface area contributed by atoms with Crippen molar-refractivity contribution in [3.63, 3.8) is 0 Å². The number of rotatable bonds is 1. The van der Waals surface area contributed by atoms with Gasteiger partial charge in [0.05, 0.1) is 11.8 Å². The lowest BCUT2D eigenvalue weighted by Crippen LogP contribution is -2.29. The summed E-state index contributed by atoms with van der Waals surface area (Å²) < 4.78 is 5.22. The fourth-order valence-corrected chi connectivity index (χ4v) is 3.35. The maximum absolute atomic E-state index is 12.3. The Bertz CT molecular complexity index is 410. The molecule has 0 aromatic carbocycles. The zero-order chi connectivity index (χ0) is 11.8. The number of aryl methyl sites for hydroxylation is 1. The normalized spacial score (nSPS) is 28.2. The van der Waals surface area contributed by atoms with Crippen LogP contribution in [0.4, 0.5) is 0 Å². The number of hydrogen-bond donors (Lipinski definition) is 0. The first-order chi connectivity index (χ1) is 8.25. The minimum absolute atomic E-state index is 0.158. The number of amides is 1. The van der Waals surface area contributed by atoms with Gasteiger partial charge in [0.1, 0.15) is 5.76 Å². The summed E-state index contributed by atoms with van der Waals surface area (Å²) in [5, 5.41) is 0. The van der Waals surface area contributed by atoms with Crippen LogP contribution in [0, 0.1) is 18.8 Å². The van der Waals surface area contributed by atoms with E-state index in [0.29, 0.717) is 0 Å². The van der Waals surface area contributed by atoms with E-state index in [2.05, 4.69) is 0 Å². The van der Waals surface area contributed by atoms with E-state index in [9.17, 15) is 4.79 Å². The topological polar surface area (TPSA) is 33.5 Å². The molecular weight excluding hydrogens is 214 g/mol. The number of carbonyl (C=O) groups is 1. The average molecular weight is 233 g/mol. The van der Waals surface area contributed by atoms with Crippen LogP contribution in [0.25, 0.3) is 0 Å². The summed E-state index contributed by atoms with van der Waals surface area (Å²) in [6.07, 6.45) is 6.89. The zero-order valence-corrected chi connectivity index (χ0v) is 10.3. The van der Waals surface area contributed by atoms with Crippen molar-refractivity contribution in [2.24, 2.45) is 11.8 Å². The predicted octanol–water partition coefficient (Wildman–Crippen LogP) is 2.85. The van der Waals surface area contributed by atoms with Crippen LogP contribution in [0.1, 0.15) is 41.8 Å². The summed E-state index contributed by atoms with van der Waals surface area (Å²) >= 11 is 0. The van der Waals surface area contributed by atoms with Gasteiger partial charge in [-0.15, -0.1) is 0 Å². The van der Waals surface area contributed by atoms with E-state index in [1.165, 1.54) is 25.7 Å². The van der Waals surface area contributed by atoms with Gasteiger partial charge >= 0.3 is 0 Å². The molecule has 3 nitrogen and oxygen atoms in total.